The summed E-state index contributed by atoms with van der Waals surface area (Å²) in [5.74, 6) is 0.600. The number of hydrogen-bond acceptors (Lipinski definition) is 3. The molecule has 1 fully saturated rings. The number of carboxylic acids is 1. The second kappa shape index (κ2) is 4.14. The fourth-order valence-electron chi connectivity index (χ4n) is 1.24. The Morgan fingerprint density at radius 2 is 2.42 bits per heavy atom. The SMILES string of the molecule is CC(C)CC1N[C@@H](C(=O)O)CS1. The molecule has 0 aliphatic carbocycles. The highest BCUT2D eigenvalue weighted by atomic mass is 32.2. The van der Waals surface area contributed by atoms with Gasteiger partial charge in [0.05, 0.1) is 5.37 Å². The van der Waals surface area contributed by atoms with Crippen LogP contribution >= 0.6 is 11.8 Å². The number of hydrogen-bond donors (Lipinski definition) is 2. The summed E-state index contributed by atoms with van der Waals surface area (Å²) in [4.78, 5) is 10.6. The molecule has 0 aromatic carbocycles. The number of thioether (sulfide) groups is 1. The Balaban J connectivity index is 2.30. The summed E-state index contributed by atoms with van der Waals surface area (Å²) < 4.78 is 0. The van der Waals surface area contributed by atoms with Crippen LogP contribution in [0.4, 0.5) is 0 Å². The van der Waals surface area contributed by atoms with Gasteiger partial charge >= 0.3 is 5.97 Å². The van der Waals surface area contributed by atoms with Crippen molar-refractivity contribution in [1.29, 1.82) is 0 Å². The third-order valence-electron chi connectivity index (χ3n) is 1.83. The Morgan fingerprint density at radius 1 is 1.75 bits per heavy atom. The summed E-state index contributed by atoms with van der Waals surface area (Å²) in [6, 6.07) is -0.334. The second-order valence-corrected chi connectivity index (χ2v) is 4.74. The minimum Gasteiger partial charge on any atom is -0.480 e. The molecule has 4 heteroatoms. The standard InChI is InChI=1S/C8H15NO2S/c1-5(2)3-7-9-6(4-12-7)8(10)11/h5-7,9H,3-4H2,1-2H3,(H,10,11)/t6-,7?/m1/s1. The number of carbonyl (C=O) groups is 1. The quantitative estimate of drug-likeness (QED) is 0.699. The first-order chi connectivity index (χ1) is 5.59. The zero-order valence-corrected chi connectivity index (χ0v) is 8.23. The lowest BCUT2D eigenvalue weighted by atomic mass is 10.1. The summed E-state index contributed by atoms with van der Waals surface area (Å²) in [5.41, 5.74) is 0. The van der Waals surface area contributed by atoms with E-state index in [1.165, 1.54) is 0 Å². The van der Waals surface area contributed by atoms with Crippen LogP contribution in [0, 0.1) is 5.92 Å². The van der Waals surface area contributed by atoms with Gasteiger partial charge in [-0.1, -0.05) is 13.8 Å². The van der Waals surface area contributed by atoms with Crippen molar-refractivity contribution in [3.05, 3.63) is 0 Å². The number of rotatable bonds is 3. The Labute approximate surface area is 76.9 Å². The van der Waals surface area contributed by atoms with E-state index in [1.54, 1.807) is 11.8 Å². The van der Waals surface area contributed by atoms with E-state index in [1.807, 2.05) is 0 Å². The normalized spacial score (nSPS) is 29.6. The van der Waals surface area contributed by atoms with Crippen LogP contribution in [0.5, 0.6) is 0 Å². The van der Waals surface area contributed by atoms with E-state index in [-0.39, 0.29) is 6.04 Å². The first-order valence-corrected chi connectivity index (χ1v) is 5.25. The highest BCUT2D eigenvalue weighted by Gasteiger charge is 2.29. The fourth-order valence-corrected chi connectivity index (χ4v) is 2.68. The molecule has 3 nitrogen and oxygen atoms in total. The van der Waals surface area contributed by atoms with Crippen LogP contribution in [-0.4, -0.2) is 28.2 Å². The van der Waals surface area contributed by atoms with Crippen molar-refractivity contribution < 1.29 is 9.90 Å². The first kappa shape index (κ1) is 9.86. The largest absolute Gasteiger partial charge is 0.480 e. The Bertz CT molecular complexity index is 172. The third kappa shape index (κ3) is 2.68. The van der Waals surface area contributed by atoms with Gasteiger partial charge in [-0.2, -0.15) is 0 Å². The molecular formula is C8H15NO2S. The van der Waals surface area contributed by atoms with Crippen molar-refractivity contribution in [1.82, 2.24) is 5.32 Å². The zero-order chi connectivity index (χ0) is 9.14. The van der Waals surface area contributed by atoms with E-state index in [0.717, 1.165) is 6.42 Å². The summed E-state index contributed by atoms with van der Waals surface area (Å²) in [7, 11) is 0. The maximum atomic E-state index is 10.6. The van der Waals surface area contributed by atoms with Gasteiger partial charge in [0.25, 0.3) is 0 Å². The molecule has 2 atom stereocenters. The Kier molecular flexibility index (Phi) is 3.40. The third-order valence-corrected chi connectivity index (χ3v) is 3.09. The molecular weight excluding hydrogens is 174 g/mol. The molecule has 0 amide bonds. The van der Waals surface area contributed by atoms with E-state index < -0.39 is 5.97 Å². The summed E-state index contributed by atoms with van der Waals surface area (Å²) in [6.07, 6.45) is 1.05. The van der Waals surface area contributed by atoms with Crippen molar-refractivity contribution in [2.24, 2.45) is 5.92 Å². The fraction of sp³-hybridized carbons (Fsp3) is 0.875. The predicted molar refractivity (Wildman–Crippen MR) is 50.3 cm³/mol. The number of aliphatic carboxylic acids is 1. The molecule has 70 valence electrons. The lowest BCUT2D eigenvalue weighted by Gasteiger charge is -2.12. The minimum atomic E-state index is -0.728. The predicted octanol–water partition coefficient (Wildman–Crippen LogP) is 1.15. The van der Waals surface area contributed by atoms with Gasteiger partial charge in [0, 0.05) is 5.75 Å². The Morgan fingerprint density at radius 3 is 2.83 bits per heavy atom. The summed E-state index contributed by atoms with van der Waals surface area (Å²) >= 11 is 1.72. The van der Waals surface area contributed by atoms with Crippen LogP contribution in [0.3, 0.4) is 0 Å². The molecule has 12 heavy (non-hydrogen) atoms. The molecule has 0 radical (unpaired) electrons. The van der Waals surface area contributed by atoms with Gasteiger partial charge in [0.15, 0.2) is 0 Å². The van der Waals surface area contributed by atoms with Crippen LogP contribution in [0.25, 0.3) is 0 Å². The smallest absolute Gasteiger partial charge is 0.321 e. The molecule has 0 saturated carbocycles. The summed E-state index contributed by atoms with van der Waals surface area (Å²) in [6.45, 7) is 4.30. The second-order valence-electron chi connectivity index (χ2n) is 3.51. The van der Waals surface area contributed by atoms with Gasteiger partial charge in [0.1, 0.15) is 6.04 Å². The molecule has 1 unspecified atom stereocenters. The van der Waals surface area contributed by atoms with Crippen LogP contribution in [0.15, 0.2) is 0 Å². The van der Waals surface area contributed by atoms with Crippen LogP contribution < -0.4 is 5.32 Å². The van der Waals surface area contributed by atoms with Crippen molar-refractivity contribution in [3.8, 4) is 0 Å². The maximum Gasteiger partial charge on any atom is 0.321 e. The number of nitrogens with one attached hydrogen (secondary N) is 1. The van der Waals surface area contributed by atoms with Gasteiger partial charge in [-0.15, -0.1) is 11.8 Å². The average Bonchev–Trinajstić information content (AvgIpc) is 2.34. The maximum absolute atomic E-state index is 10.6. The molecule has 0 aromatic rings. The lowest BCUT2D eigenvalue weighted by molar-refractivity contribution is -0.138. The van der Waals surface area contributed by atoms with Gasteiger partial charge in [-0.05, 0) is 12.3 Å². The van der Waals surface area contributed by atoms with Gasteiger partial charge in [-0.25, -0.2) is 0 Å². The zero-order valence-electron chi connectivity index (χ0n) is 7.41. The van der Waals surface area contributed by atoms with E-state index in [0.29, 0.717) is 17.0 Å². The molecule has 0 spiro atoms. The molecule has 1 aliphatic rings. The monoisotopic (exact) mass is 189 g/mol. The highest BCUT2D eigenvalue weighted by Crippen LogP contribution is 2.24. The molecule has 1 aliphatic heterocycles. The van der Waals surface area contributed by atoms with Gasteiger partial charge < -0.3 is 5.11 Å². The van der Waals surface area contributed by atoms with E-state index >= 15 is 0 Å². The molecule has 1 heterocycles. The van der Waals surface area contributed by atoms with Gasteiger partial charge in [-0.3, -0.25) is 10.1 Å². The van der Waals surface area contributed by atoms with Crippen LogP contribution in [0.2, 0.25) is 0 Å². The molecule has 0 aromatic heterocycles. The van der Waals surface area contributed by atoms with Crippen LogP contribution in [-0.2, 0) is 4.79 Å². The van der Waals surface area contributed by atoms with Crippen molar-refractivity contribution in [2.45, 2.75) is 31.7 Å². The van der Waals surface area contributed by atoms with Crippen molar-refractivity contribution >= 4 is 17.7 Å². The lowest BCUT2D eigenvalue weighted by Crippen LogP contribution is -2.36. The molecule has 2 N–H and O–H groups in total. The highest BCUT2D eigenvalue weighted by molar-refractivity contribution is 8.00. The topological polar surface area (TPSA) is 49.3 Å². The van der Waals surface area contributed by atoms with Crippen molar-refractivity contribution in [3.63, 3.8) is 0 Å². The van der Waals surface area contributed by atoms with Gasteiger partial charge in [0.2, 0.25) is 0 Å². The Hall–Kier alpha value is -0.220. The molecule has 0 bridgehead atoms. The summed E-state index contributed by atoms with van der Waals surface area (Å²) in [5, 5.41) is 12.1. The molecule has 1 rings (SSSR count). The van der Waals surface area contributed by atoms with E-state index in [9.17, 15) is 4.79 Å². The minimum absolute atomic E-state index is 0.334. The van der Waals surface area contributed by atoms with Crippen molar-refractivity contribution in [2.75, 3.05) is 5.75 Å². The first-order valence-electron chi connectivity index (χ1n) is 4.20. The average molecular weight is 189 g/mol. The van der Waals surface area contributed by atoms with E-state index in [2.05, 4.69) is 19.2 Å². The van der Waals surface area contributed by atoms with E-state index in [4.69, 9.17) is 5.11 Å². The molecule has 1 saturated heterocycles. The van der Waals surface area contributed by atoms with Crippen LogP contribution in [0.1, 0.15) is 20.3 Å². The number of carboxylic acid groups (broad SMARTS) is 1.